The number of aromatic nitrogens is 2. The standard InChI is InChI=1S/C19H19N5/c20-10-14-2-1-3-15(8-14)12-24-7-6-18(13-24)22-17-4-5-19-16(9-17)11-21-23-19/h1-5,8-9,11,18,22H,6-7,12-13H2,(H,21,23). The Hall–Kier alpha value is -2.84. The number of anilines is 1. The predicted octanol–water partition coefficient (Wildman–Crippen LogP) is 3.12. The van der Waals surface area contributed by atoms with Crippen LogP contribution in [0.25, 0.3) is 10.9 Å². The average Bonchev–Trinajstić information content (AvgIpc) is 3.24. The van der Waals surface area contributed by atoms with Crippen molar-refractivity contribution in [3.05, 3.63) is 59.8 Å². The van der Waals surface area contributed by atoms with Gasteiger partial charge in [-0.15, -0.1) is 0 Å². The van der Waals surface area contributed by atoms with Crippen molar-refractivity contribution in [2.45, 2.75) is 19.0 Å². The minimum absolute atomic E-state index is 0.452. The molecular weight excluding hydrogens is 298 g/mol. The van der Waals surface area contributed by atoms with Crippen LogP contribution in [0, 0.1) is 11.3 Å². The van der Waals surface area contributed by atoms with Crippen LogP contribution < -0.4 is 5.32 Å². The van der Waals surface area contributed by atoms with E-state index < -0.39 is 0 Å². The maximum Gasteiger partial charge on any atom is 0.0991 e. The molecule has 0 saturated carbocycles. The van der Waals surface area contributed by atoms with Crippen molar-refractivity contribution >= 4 is 16.6 Å². The molecule has 1 unspecified atom stereocenters. The molecule has 5 nitrogen and oxygen atoms in total. The fourth-order valence-corrected chi connectivity index (χ4v) is 3.36. The molecule has 4 rings (SSSR count). The third kappa shape index (κ3) is 3.10. The minimum Gasteiger partial charge on any atom is -0.381 e. The van der Waals surface area contributed by atoms with Crippen LogP contribution in [-0.2, 0) is 6.54 Å². The summed E-state index contributed by atoms with van der Waals surface area (Å²) in [4.78, 5) is 2.44. The van der Waals surface area contributed by atoms with E-state index in [0.29, 0.717) is 6.04 Å². The topological polar surface area (TPSA) is 67.7 Å². The van der Waals surface area contributed by atoms with E-state index in [9.17, 15) is 0 Å². The molecular formula is C19H19N5. The van der Waals surface area contributed by atoms with E-state index in [4.69, 9.17) is 5.26 Å². The lowest BCUT2D eigenvalue weighted by Crippen LogP contribution is -2.25. The van der Waals surface area contributed by atoms with E-state index in [1.165, 1.54) is 5.56 Å². The number of likely N-dealkylation sites (tertiary alicyclic amines) is 1. The van der Waals surface area contributed by atoms with E-state index in [0.717, 1.165) is 48.2 Å². The third-order valence-electron chi connectivity index (χ3n) is 4.55. The van der Waals surface area contributed by atoms with Crippen molar-refractivity contribution in [2.75, 3.05) is 18.4 Å². The molecule has 2 heterocycles. The fourth-order valence-electron chi connectivity index (χ4n) is 3.36. The van der Waals surface area contributed by atoms with Gasteiger partial charge in [-0.3, -0.25) is 10.00 Å². The second kappa shape index (κ2) is 6.34. The van der Waals surface area contributed by atoms with Crippen LogP contribution in [-0.4, -0.2) is 34.2 Å². The Bertz CT molecular complexity index is 892. The molecule has 1 aromatic heterocycles. The Labute approximate surface area is 140 Å². The summed E-state index contributed by atoms with van der Waals surface area (Å²) in [6.45, 7) is 2.98. The van der Waals surface area contributed by atoms with Gasteiger partial charge in [0.05, 0.1) is 23.3 Å². The Morgan fingerprint density at radius 3 is 3.17 bits per heavy atom. The van der Waals surface area contributed by atoms with Crippen molar-refractivity contribution in [1.29, 1.82) is 5.26 Å². The number of fused-ring (bicyclic) bond motifs is 1. The van der Waals surface area contributed by atoms with Gasteiger partial charge in [0.2, 0.25) is 0 Å². The molecule has 0 radical (unpaired) electrons. The number of benzene rings is 2. The molecule has 0 amide bonds. The summed E-state index contributed by atoms with van der Waals surface area (Å²) in [5, 5.41) is 20.8. The van der Waals surface area contributed by atoms with Crippen molar-refractivity contribution < 1.29 is 0 Å². The zero-order valence-electron chi connectivity index (χ0n) is 13.4. The minimum atomic E-state index is 0.452. The van der Waals surface area contributed by atoms with Crippen LogP contribution >= 0.6 is 0 Å². The summed E-state index contributed by atoms with van der Waals surface area (Å²) in [5.41, 5.74) is 4.14. The van der Waals surface area contributed by atoms with E-state index in [1.807, 2.05) is 24.4 Å². The number of nitrogens with one attached hydrogen (secondary N) is 2. The first kappa shape index (κ1) is 14.7. The molecule has 0 spiro atoms. The lowest BCUT2D eigenvalue weighted by Gasteiger charge is -2.17. The summed E-state index contributed by atoms with van der Waals surface area (Å²) < 4.78 is 0. The third-order valence-corrected chi connectivity index (χ3v) is 4.55. The first-order valence-electron chi connectivity index (χ1n) is 8.21. The molecule has 5 heteroatoms. The van der Waals surface area contributed by atoms with E-state index >= 15 is 0 Å². The SMILES string of the molecule is N#Cc1cccc(CN2CCC(Nc3ccc4[nH]ncc4c3)C2)c1. The Morgan fingerprint density at radius 2 is 2.25 bits per heavy atom. The van der Waals surface area contributed by atoms with Gasteiger partial charge < -0.3 is 5.32 Å². The normalized spacial score (nSPS) is 17.9. The second-order valence-corrected chi connectivity index (χ2v) is 6.35. The highest BCUT2D eigenvalue weighted by atomic mass is 15.2. The number of hydrogen-bond acceptors (Lipinski definition) is 4. The molecule has 24 heavy (non-hydrogen) atoms. The zero-order chi connectivity index (χ0) is 16.4. The van der Waals surface area contributed by atoms with Gasteiger partial charge in [-0.05, 0) is 42.3 Å². The number of aromatic amines is 1. The highest BCUT2D eigenvalue weighted by Gasteiger charge is 2.22. The summed E-state index contributed by atoms with van der Waals surface area (Å²) >= 11 is 0. The summed E-state index contributed by atoms with van der Waals surface area (Å²) in [6.07, 6.45) is 2.98. The van der Waals surface area contributed by atoms with Crippen LogP contribution in [0.5, 0.6) is 0 Å². The maximum atomic E-state index is 9.01. The van der Waals surface area contributed by atoms with Gasteiger partial charge in [0, 0.05) is 36.7 Å². The van der Waals surface area contributed by atoms with Crippen LogP contribution in [0.2, 0.25) is 0 Å². The molecule has 1 saturated heterocycles. The molecule has 120 valence electrons. The van der Waals surface area contributed by atoms with Crippen LogP contribution in [0.15, 0.2) is 48.7 Å². The lowest BCUT2D eigenvalue weighted by atomic mass is 10.1. The Balaban J connectivity index is 1.38. The van der Waals surface area contributed by atoms with Crippen molar-refractivity contribution in [1.82, 2.24) is 15.1 Å². The maximum absolute atomic E-state index is 9.01. The van der Waals surface area contributed by atoms with Gasteiger partial charge in [-0.1, -0.05) is 12.1 Å². The fraction of sp³-hybridized carbons (Fsp3) is 0.263. The molecule has 3 aromatic rings. The summed E-state index contributed by atoms with van der Waals surface area (Å²) in [5.74, 6) is 0. The van der Waals surface area contributed by atoms with Crippen molar-refractivity contribution in [2.24, 2.45) is 0 Å². The van der Waals surface area contributed by atoms with E-state index in [-0.39, 0.29) is 0 Å². The van der Waals surface area contributed by atoms with Gasteiger partial charge in [-0.2, -0.15) is 10.4 Å². The molecule has 1 aliphatic heterocycles. The Morgan fingerprint density at radius 1 is 1.29 bits per heavy atom. The predicted molar refractivity (Wildman–Crippen MR) is 94.6 cm³/mol. The van der Waals surface area contributed by atoms with Gasteiger partial charge in [0.1, 0.15) is 0 Å². The van der Waals surface area contributed by atoms with Gasteiger partial charge in [0.25, 0.3) is 0 Å². The molecule has 0 aliphatic carbocycles. The highest BCUT2D eigenvalue weighted by Crippen LogP contribution is 2.21. The first-order valence-corrected chi connectivity index (χ1v) is 8.21. The average molecular weight is 317 g/mol. The highest BCUT2D eigenvalue weighted by molar-refractivity contribution is 5.81. The molecule has 1 fully saturated rings. The number of hydrogen-bond donors (Lipinski definition) is 2. The van der Waals surface area contributed by atoms with Crippen LogP contribution in [0.1, 0.15) is 17.5 Å². The summed E-state index contributed by atoms with van der Waals surface area (Å²) in [7, 11) is 0. The van der Waals surface area contributed by atoms with Gasteiger partial charge >= 0.3 is 0 Å². The first-order chi connectivity index (χ1) is 11.8. The molecule has 2 N–H and O–H groups in total. The van der Waals surface area contributed by atoms with E-state index in [2.05, 4.69) is 50.7 Å². The monoisotopic (exact) mass is 317 g/mol. The van der Waals surface area contributed by atoms with Crippen LogP contribution in [0.3, 0.4) is 0 Å². The summed E-state index contributed by atoms with van der Waals surface area (Å²) in [6, 6.07) is 16.8. The Kier molecular flexibility index (Phi) is 3.89. The van der Waals surface area contributed by atoms with Crippen molar-refractivity contribution in [3.63, 3.8) is 0 Å². The quantitative estimate of drug-likeness (QED) is 0.776. The number of rotatable bonds is 4. The lowest BCUT2D eigenvalue weighted by molar-refractivity contribution is 0.328. The van der Waals surface area contributed by atoms with Gasteiger partial charge in [0.15, 0.2) is 0 Å². The number of H-pyrrole nitrogens is 1. The van der Waals surface area contributed by atoms with Gasteiger partial charge in [-0.25, -0.2) is 0 Å². The molecule has 1 atom stereocenters. The smallest absolute Gasteiger partial charge is 0.0991 e. The molecule has 0 bridgehead atoms. The molecule has 1 aliphatic rings. The zero-order valence-corrected chi connectivity index (χ0v) is 13.4. The van der Waals surface area contributed by atoms with Crippen LogP contribution in [0.4, 0.5) is 5.69 Å². The number of nitriles is 1. The molecule has 2 aromatic carbocycles. The largest absolute Gasteiger partial charge is 0.381 e. The second-order valence-electron chi connectivity index (χ2n) is 6.35. The van der Waals surface area contributed by atoms with Crippen molar-refractivity contribution in [3.8, 4) is 6.07 Å². The number of nitrogens with zero attached hydrogens (tertiary/aromatic N) is 3. The van der Waals surface area contributed by atoms with E-state index in [1.54, 1.807) is 0 Å².